The van der Waals surface area contributed by atoms with Crippen molar-refractivity contribution in [1.29, 1.82) is 0 Å². The summed E-state index contributed by atoms with van der Waals surface area (Å²) >= 11 is 0. The van der Waals surface area contributed by atoms with Crippen LogP contribution in [0.2, 0.25) is 0 Å². The van der Waals surface area contributed by atoms with Gasteiger partial charge in [-0.1, -0.05) is 12.1 Å². The van der Waals surface area contributed by atoms with Crippen LogP contribution < -0.4 is 5.32 Å². The first-order valence-corrected chi connectivity index (χ1v) is 6.82. The normalized spacial score (nSPS) is 25.7. The van der Waals surface area contributed by atoms with E-state index in [0.29, 0.717) is 19.5 Å². The van der Waals surface area contributed by atoms with Crippen molar-refractivity contribution in [2.45, 2.75) is 25.2 Å². The van der Waals surface area contributed by atoms with E-state index in [1.807, 2.05) is 0 Å². The zero-order chi connectivity index (χ0) is 15.0. The highest BCUT2D eigenvalue weighted by Crippen LogP contribution is 2.35. The van der Waals surface area contributed by atoms with Gasteiger partial charge in [0.2, 0.25) is 0 Å². The van der Waals surface area contributed by atoms with Gasteiger partial charge in [-0.05, 0) is 30.7 Å². The van der Waals surface area contributed by atoms with Crippen LogP contribution in [0.5, 0.6) is 0 Å². The van der Waals surface area contributed by atoms with E-state index in [1.54, 1.807) is 12.1 Å². The van der Waals surface area contributed by atoms with Crippen molar-refractivity contribution >= 4 is 5.71 Å². The molecule has 3 rings (SSSR count). The SMILES string of the molecule is Fc1ccc(CN2N=C(C(F)(F)F)C3CCNCC32)cc1. The lowest BCUT2D eigenvalue weighted by atomic mass is 9.89. The summed E-state index contributed by atoms with van der Waals surface area (Å²) in [6.45, 7) is 1.30. The molecule has 1 aromatic rings. The summed E-state index contributed by atoms with van der Waals surface area (Å²) in [6, 6.07) is 5.45. The van der Waals surface area contributed by atoms with Crippen molar-refractivity contribution in [2.75, 3.05) is 13.1 Å². The number of nitrogens with one attached hydrogen (secondary N) is 1. The highest BCUT2D eigenvalue weighted by Gasteiger charge is 2.50. The fraction of sp³-hybridized carbons (Fsp3) is 0.500. The molecule has 1 saturated heterocycles. The monoisotopic (exact) mass is 301 g/mol. The van der Waals surface area contributed by atoms with E-state index in [4.69, 9.17) is 0 Å². The number of alkyl halides is 3. The minimum atomic E-state index is -4.39. The molecule has 2 atom stereocenters. The average Bonchev–Trinajstić information content (AvgIpc) is 2.81. The highest BCUT2D eigenvalue weighted by molar-refractivity contribution is 5.93. The van der Waals surface area contributed by atoms with Gasteiger partial charge in [0.1, 0.15) is 11.5 Å². The number of piperidine rings is 1. The van der Waals surface area contributed by atoms with E-state index in [-0.39, 0.29) is 18.4 Å². The Morgan fingerprint density at radius 1 is 1.24 bits per heavy atom. The Morgan fingerprint density at radius 2 is 1.95 bits per heavy atom. The van der Waals surface area contributed by atoms with Crippen molar-refractivity contribution in [1.82, 2.24) is 10.3 Å². The van der Waals surface area contributed by atoms with Crippen molar-refractivity contribution in [3.63, 3.8) is 0 Å². The van der Waals surface area contributed by atoms with Gasteiger partial charge in [-0.2, -0.15) is 18.3 Å². The Bertz CT molecular complexity index is 538. The van der Waals surface area contributed by atoms with E-state index in [9.17, 15) is 17.6 Å². The second-order valence-electron chi connectivity index (χ2n) is 5.37. The second-order valence-corrected chi connectivity index (χ2v) is 5.37. The molecule has 0 spiro atoms. The molecule has 2 heterocycles. The third kappa shape index (κ3) is 2.88. The molecule has 21 heavy (non-hydrogen) atoms. The molecule has 0 amide bonds. The van der Waals surface area contributed by atoms with Crippen LogP contribution in [-0.2, 0) is 6.54 Å². The average molecular weight is 301 g/mol. The van der Waals surface area contributed by atoms with E-state index < -0.39 is 17.8 Å². The zero-order valence-electron chi connectivity index (χ0n) is 11.2. The molecule has 0 aliphatic carbocycles. The Labute approximate surface area is 119 Å². The molecular weight excluding hydrogens is 286 g/mol. The number of nitrogens with zero attached hydrogens (tertiary/aromatic N) is 2. The number of hydrogen-bond donors (Lipinski definition) is 1. The number of halogens is 4. The van der Waals surface area contributed by atoms with Crippen LogP contribution in [0.15, 0.2) is 29.4 Å². The molecule has 114 valence electrons. The van der Waals surface area contributed by atoms with Gasteiger partial charge in [-0.3, -0.25) is 5.01 Å². The molecule has 2 aliphatic heterocycles. The summed E-state index contributed by atoms with van der Waals surface area (Å²) in [7, 11) is 0. The van der Waals surface area contributed by atoms with E-state index in [2.05, 4.69) is 10.4 Å². The molecule has 1 N–H and O–H groups in total. The van der Waals surface area contributed by atoms with Crippen molar-refractivity contribution in [3.8, 4) is 0 Å². The standard InChI is InChI=1S/C14H15F4N3/c15-10-3-1-9(2-4-10)8-21-12-7-19-6-5-11(12)13(20-21)14(16,17)18/h1-4,11-12,19H,5-8H2. The lowest BCUT2D eigenvalue weighted by Crippen LogP contribution is -2.48. The van der Waals surface area contributed by atoms with Crippen LogP contribution in [0.1, 0.15) is 12.0 Å². The Hall–Kier alpha value is -1.63. The Kier molecular flexibility index (Phi) is 3.61. The Morgan fingerprint density at radius 3 is 2.62 bits per heavy atom. The minimum Gasteiger partial charge on any atom is -0.315 e. The first-order chi connectivity index (χ1) is 9.95. The number of rotatable bonds is 2. The third-order valence-corrected chi connectivity index (χ3v) is 3.97. The zero-order valence-corrected chi connectivity index (χ0v) is 11.2. The fourth-order valence-electron chi connectivity index (χ4n) is 2.96. The van der Waals surface area contributed by atoms with E-state index >= 15 is 0 Å². The van der Waals surface area contributed by atoms with Gasteiger partial charge >= 0.3 is 6.18 Å². The number of hydrazone groups is 1. The van der Waals surface area contributed by atoms with Crippen LogP contribution in [0.25, 0.3) is 0 Å². The third-order valence-electron chi connectivity index (χ3n) is 3.97. The molecule has 1 aromatic carbocycles. The van der Waals surface area contributed by atoms with Crippen LogP contribution >= 0.6 is 0 Å². The van der Waals surface area contributed by atoms with Gasteiger partial charge in [-0.25, -0.2) is 4.39 Å². The molecule has 2 aliphatic rings. The second kappa shape index (κ2) is 5.29. The Balaban J connectivity index is 1.83. The van der Waals surface area contributed by atoms with Crippen LogP contribution in [0.3, 0.4) is 0 Å². The minimum absolute atomic E-state index is 0.253. The van der Waals surface area contributed by atoms with Gasteiger partial charge in [0, 0.05) is 12.5 Å². The number of hydrogen-bond acceptors (Lipinski definition) is 3. The van der Waals surface area contributed by atoms with Gasteiger partial charge in [0.05, 0.1) is 12.6 Å². The fourth-order valence-corrected chi connectivity index (χ4v) is 2.96. The lowest BCUT2D eigenvalue weighted by Gasteiger charge is -2.32. The summed E-state index contributed by atoms with van der Waals surface area (Å²) in [5.74, 6) is -0.941. The van der Waals surface area contributed by atoms with Gasteiger partial charge in [0.25, 0.3) is 0 Å². The summed E-state index contributed by atoms with van der Waals surface area (Å²) in [4.78, 5) is 0. The number of fused-ring (bicyclic) bond motifs is 1. The summed E-state index contributed by atoms with van der Waals surface area (Å²) in [5.41, 5.74) is 0.0593. The van der Waals surface area contributed by atoms with Crippen molar-refractivity contribution in [3.05, 3.63) is 35.6 Å². The van der Waals surface area contributed by atoms with Gasteiger partial charge < -0.3 is 5.32 Å². The molecule has 1 fully saturated rings. The van der Waals surface area contributed by atoms with Crippen molar-refractivity contribution in [2.24, 2.45) is 11.0 Å². The topological polar surface area (TPSA) is 27.6 Å². The van der Waals surface area contributed by atoms with Crippen LogP contribution in [0, 0.1) is 11.7 Å². The highest BCUT2D eigenvalue weighted by atomic mass is 19.4. The van der Waals surface area contributed by atoms with E-state index in [1.165, 1.54) is 17.1 Å². The molecule has 0 radical (unpaired) electrons. The maximum atomic E-state index is 13.1. The maximum Gasteiger partial charge on any atom is 0.431 e. The first kappa shape index (κ1) is 14.3. The summed E-state index contributed by atoms with van der Waals surface area (Å²) in [6.07, 6.45) is -3.96. The van der Waals surface area contributed by atoms with Crippen molar-refractivity contribution < 1.29 is 17.6 Å². The van der Waals surface area contributed by atoms with Gasteiger partial charge in [-0.15, -0.1) is 0 Å². The molecule has 3 nitrogen and oxygen atoms in total. The molecule has 0 bridgehead atoms. The van der Waals surface area contributed by atoms with E-state index in [0.717, 1.165) is 5.56 Å². The quantitative estimate of drug-likeness (QED) is 0.850. The molecule has 2 unspecified atom stereocenters. The van der Waals surface area contributed by atoms with Crippen LogP contribution in [0.4, 0.5) is 17.6 Å². The maximum absolute atomic E-state index is 13.1. The number of benzene rings is 1. The molecule has 0 saturated carbocycles. The summed E-state index contributed by atoms with van der Waals surface area (Å²) < 4.78 is 52.1. The predicted molar refractivity (Wildman–Crippen MR) is 70.2 cm³/mol. The first-order valence-electron chi connectivity index (χ1n) is 6.82. The van der Waals surface area contributed by atoms with Gasteiger partial charge in [0.15, 0.2) is 0 Å². The summed E-state index contributed by atoms with van der Waals surface area (Å²) in [5, 5.41) is 8.40. The largest absolute Gasteiger partial charge is 0.431 e. The lowest BCUT2D eigenvalue weighted by molar-refractivity contribution is -0.0627. The molecular formula is C14H15F4N3. The molecule has 7 heteroatoms. The molecule has 0 aromatic heterocycles. The predicted octanol–water partition coefficient (Wildman–Crippen LogP) is 2.54. The van der Waals surface area contributed by atoms with Crippen LogP contribution in [-0.4, -0.2) is 36.0 Å². The smallest absolute Gasteiger partial charge is 0.315 e.